The Hall–Kier alpha value is -2.37. The number of aryl methyl sites for hydroxylation is 1. The van der Waals surface area contributed by atoms with Gasteiger partial charge in [0.25, 0.3) is 5.91 Å². The second kappa shape index (κ2) is 6.63. The lowest BCUT2D eigenvalue weighted by atomic mass is 9.99. The van der Waals surface area contributed by atoms with Gasteiger partial charge >= 0.3 is 0 Å². The molecule has 1 amide bonds. The topological polar surface area (TPSA) is 68.5 Å². The van der Waals surface area contributed by atoms with Crippen molar-refractivity contribution in [2.45, 2.75) is 39.0 Å². The lowest BCUT2D eigenvalue weighted by Gasteiger charge is -2.18. The van der Waals surface area contributed by atoms with Crippen molar-refractivity contribution in [2.24, 2.45) is 0 Å². The summed E-state index contributed by atoms with van der Waals surface area (Å²) in [6, 6.07) is 3.93. The second-order valence-electron chi connectivity index (χ2n) is 6.50. The molecule has 1 aliphatic rings. The van der Waals surface area contributed by atoms with Crippen LogP contribution in [0.3, 0.4) is 0 Å². The van der Waals surface area contributed by atoms with Gasteiger partial charge in [0.05, 0.1) is 12.8 Å². The molecule has 0 N–H and O–H groups in total. The zero-order chi connectivity index (χ0) is 17.3. The minimum absolute atomic E-state index is 0.00260. The molecule has 1 saturated heterocycles. The molecular formula is C18H23N3O3. The predicted molar refractivity (Wildman–Crippen MR) is 89.4 cm³/mol. The maximum atomic E-state index is 13.0. The molecule has 0 saturated carbocycles. The number of likely N-dealkylation sites (tertiary alicyclic amines) is 1. The molecule has 3 heterocycles. The van der Waals surface area contributed by atoms with Crippen LogP contribution in [0, 0.1) is 6.92 Å². The van der Waals surface area contributed by atoms with Crippen LogP contribution in [0.2, 0.25) is 0 Å². The van der Waals surface area contributed by atoms with Gasteiger partial charge in [-0.2, -0.15) is 0 Å². The minimum Gasteiger partial charge on any atom is -0.481 e. The molecule has 6 nitrogen and oxygen atoms in total. The molecule has 1 fully saturated rings. The average Bonchev–Trinajstić information content (AvgIpc) is 3.21. The Morgan fingerprint density at radius 3 is 2.96 bits per heavy atom. The van der Waals surface area contributed by atoms with E-state index in [2.05, 4.69) is 10.1 Å². The summed E-state index contributed by atoms with van der Waals surface area (Å²) < 4.78 is 10.7. The lowest BCUT2D eigenvalue weighted by molar-refractivity contribution is 0.0787. The fourth-order valence-electron chi connectivity index (χ4n) is 3.28. The van der Waals surface area contributed by atoms with Crippen molar-refractivity contribution in [3.05, 3.63) is 40.9 Å². The van der Waals surface area contributed by atoms with Crippen molar-refractivity contribution >= 4 is 5.91 Å². The number of rotatable bonds is 4. The highest BCUT2D eigenvalue weighted by molar-refractivity contribution is 5.96. The van der Waals surface area contributed by atoms with Gasteiger partial charge in [-0.15, -0.1) is 0 Å². The van der Waals surface area contributed by atoms with Crippen molar-refractivity contribution in [1.82, 2.24) is 15.0 Å². The first-order valence-electron chi connectivity index (χ1n) is 8.27. The number of amides is 1. The number of carbonyl (C=O) groups is 1. The third kappa shape index (κ3) is 2.88. The lowest BCUT2D eigenvalue weighted by Crippen LogP contribution is -2.29. The molecule has 0 bridgehead atoms. The molecule has 2 aromatic rings. The van der Waals surface area contributed by atoms with Crippen LogP contribution in [0.15, 0.2) is 22.9 Å². The Morgan fingerprint density at radius 2 is 2.25 bits per heavy atom. The molecule has 1 aliphatic heterocycles. The first-order valence-corrected chi connectivity index (χ1v) is 8.27. The fourth-order valence-corrected chi connectivity index (χ4v) is 3.28. The standard InChI is InChI=1S/C18H23N3O3/c1-11(2)16-15(12(3)20-24-16)18(22)21-9-7-13(10-21)14-6-5-8-19-17(14)23-4/h5-6,8,11,13H,7,9-10H2,1-4H3/t13-/m0/s1. The van der Waals surface area contributed by atoms with Gasteiger partial charge in [-0.25, -0.2) is 4.98 Å². The minimum atomic E-state index is 0.00260. The molecule has 2 aromatic heterocycles. The summed E-state index contributed by atoms with van der Waals surface area (Å²) in [6.07, 6.45) is 2.62. The van der Waals surface area contributed by atoms with Crippen LogP contribution in [-0.4, -0.2) is 41.1 Å². The van der Waals surface area contributed by atoms with Gasteiger partial charge in [-0.1, -0.05) is 25.1 Å². The molecule has 24 heavy (non-hydrogen) atoms. The first-order chi connectivity index (χ1) is 11.5. The number of aromatic nitrogens is 2. The van der Waals surface area contributed by atoms with Gasteiger partial charge in [-0.05, 0) is 19.4 Å². The van der Waals surface area contributed by atoms with Crippen LogP contribution in [0.5, 0.6) is 5.88 Å². The summed E-state index contributed by atoms with van der Waals surface area (Å²) in [7, 11) is 1.62. The zero-order valence-electron chi connectivity index (χ0n) is 14.6. The Kier molecular flexibility index (Phi) is 4.55. The summed E-state index contributed by atoms with van der Waals surface area (Å²) >= 11 is 0. The molecule has 128 valence electrons. The maximum Gasteiger partial charge on any atom is 0.259 e. The molecule has 0 spiro atoms. The van der Waals surface area contributed by atoms with Gasteiger partial charge in [0.2, 0.25) is 5.88 Å². The zero-order valence-corrected chi connectivity index (χ0v) is 14.6. The smallest absolute Gasteiger partial charge is 0.259 e. The monoisotopic (exact) mass is 329 g/mol. The van der Waals surface area contributed by atoms with Crippen LogP contribution < -0.4 is 4.74 Å². The van der Waals surface area contributed by atoms with E-state index >= 15 is 0 Å². The Morgan fingerprint density at radius 1 is 1.46 bits per heavy atom. The molecule has 0 aromatic carbocycles. The molecular weight excluding hydrogens is 306 g/mol. The normalized spacial score (nSPS) is 17.5. The van der Waals surface area contributed by atoms with Gasteiger partial charge in [0.15, 0.2) is 5.76 Å². The predicted octanol–water partition coefficient (Wildman–Crippen LogP) is 3.14. The Bertz CT molecular complexity index is 739. The van der Waals surface area contributed by atoms with E-state index in [4.69, 9.17) is 9.26 Å². The summed E-state index contributed by atoms with van der Waals surface area (Å²) in [4.78, 5) is 19.1. The van der Waals surface area contributed by atoms with Crippen molar-refractivity contribution in [1.29, 1.82) is 0 Å². The van der Waals surface area contributed by atoms with E-state index < -0.39 is 0 Å². The van der Waals surface area contributed by atoms with Crippen LogP contribution >= 0.6 is 0 Å². The highest BCUT2D eigenvalue weighted by atomic mass is 16.5. The van der Waals surface area contributed by atoms with Crippen LogP contribution in [-0.2, 0) is 0 Å². The van der Waals surface area contributed by atoms with Crippen molar-refractivity contribution in [3.63, 3.8) is 0 Å². The van der Waals surface area contributed by atoms with Crippen molar-refractivity contribution in [2.75, 3.05) is 20.2 Å². The molecule has 0 aliphatic carbocycles. The number of hydrogen-bond acceptors (Lipinski definition) is 5. The van der Waals surface area contributed by atoms with Crippen molar-refractivity contribution in [3.8, 4) is 5.88 Å². The van der Waals surface area contributed by atoms with Gasteiger partial charge in [-0.3, -0.25) is 4.79 Å². The second-order valence-corrected chi connectivity index (χ2v) is 6.50. The highest BCUT2D eigenvalue weighted by Crippen LogP contribution is 2.33. The number of nitrogens with zero attached hydrogens (tertiary/aromatic N) is 3. The van der Waals surface area contributed by atoms with Crippen molar-refractivity contribution < 1.29 is 14.1 Å². The highest BCUT2D eigenvalue weighted by Gasteiger charge is 2.33. The van der Waals surface area contributed by atoms with E-state index in [9.17, 15) is 4.79 Å². The molecule has 0 radical (unpaired) electrons. The Balaban J connectivity index is 1.81. The summed E-state index contributed by atoms with van der Waals surface area (Å²) in [5.41, 5.74) is 2.33. The third-order valence-electron chi connectivity index (χ3n) is 4.54. The number of pyridine rings is 1. The third-order valence-corrected chi connectivity index (χ3v) is 4.54. The molecule has 6 heteroatoms. The summed E-state index contributed by atoms with van der Waals surface area (Å²) in [6.45, 7) is 7.20. The first kappa shape index (κ1) is 16.5. The van der Waals surface area contributed by atoms with Gasteiger partial charge < -0.3 is 14.2 Å². The Labute approximate surface area is 141 Å². The molecule has 0 unspecified atom stereocenters. The van der Waals surface area contributed by atoms with E-state index in [1.807, 2.05) is 37.8 Å². The fraction of sp³-hybridized carbons (Fsp3) is 0.500. The average molecular weight is 329 g/mol. The van der Waals surface area contributed by atoms with Gasteiger partial charge in [0, 0.05) is 36.7 Å². The van der Waals surface area contributed by atoms with Crippen LogP contribution in [0.25, 0.3) is 0 Å². The van der Waals surface area contributed by atoms with Crippen LogP contribution in [0.4, 0.5) is 0 Å². The largest absolute Gasteiger partial charge is 0.481 e. The number of ether oxygens (including phenoxy) is 1. The van der Waals surface area contributed by atoms with E-state index in [1.165, 1.54) is 0 Å². The SMILES string of the molecule is COc1ncccc1[C@H]1CCN(C(=O)c2c(C)noc2C(C)C)C1. The summed E-state index contributed by atoms with van der Waals surface area (Å²) in [5.74, 6) is 1.67. The molecule has 1 atom stereocenters. The quantitative estimate of drug-likeness (QED) is 0.862. The molecule has 3 rings (SSSR count). The summed E-state index contributed by atoms with van der Waals surface area (Å²) in [5, 5.41) is 3.98. The van der Waals surface area contributed by atoms with Gasteiger partial charge in [0.1, 0.15) is 5.56 Å². The van der Waals surface area contributed by atoms with E-state index in [1.54, 1.807) is 13.3 Å². The number of carbonyl (C=O) groups excluding carboxylic acids is 1. The number of hydrogen-bond donors (Lipinski definition) is 0. The van der Waals surface area contributed by atoms with Crippen LogP contribution in [0.1, 0.15) is 59.5 Å². The van der Waals surface area contributed by atoms with E-state index in [0.717, 1.165) is 12.0 Å². The van der Waals surface area contributed by atoms with E-state index in [0.29, 0.717) is 36.0 Å². The number of methoxy groups -OCH3 is 1. The maximum absolute atomic E-state index is 13.0. The van der Waals surface area contributed by atoms with E-state index in [-0.39, 0.29) is 17.7 Å².